The molecule has 2 rings (SSSR count). The first-order valence-electron chi connectivity index (χ1n) is 6.29. The first kappa shape index (κ1) is 12.7. The molecule has 1 N–H and O–H groups in total. The molecular weight excluding hydrogens is 234 g/mol. The van der Waals surface area contributed by atoms with Gasteiger partial charge < -0.3 is 10.1 Å². The van der Waals surface area contributed by atoms with E-state index in [2.05, 4.69) is 12.2 Å². The second kappa shape index (κ2) is 5.74. The number of hydrogen-bond donors (Lipinski definition) is 1. The summed E-state index contributed by atoms with van der Waals surface area (Å²) in [7, 11) is 0. The molecule has 17 heavy (non-hydrogen) atoms. The van der Waals surface area contributed by atoms with Crippen molar-refractivity contribution >= 4 is 11.6 Å². The summed E-state index contributed by atoms with van der Waals surface area (Å²) in [6, 6.07) is 6.36. The number of ether oxygens (including phenoxy) is 1. The second-order valence-electron chi connectivity index (χ2n) is 4.84. The van der Waals surface area contributed by atoms with Crippen LogP contribution in [0.25, 0.3) is 0 Å². The van der Waals surface area contributed by atoms with Gasteiger partial charge in [-0.3, -0.25) is 0 Å². The summed E-state index contributed by atoms with van der Waals surface area (Å²) in [6.07, 6.45) is 2.76. The zero-order valence-corrected chi connectivity index (χ0v) is 11.3. The Kier molecular flexibility index (Phi) is 4.30. The van der Waals surface area contributed by atoms with Gasteiger partial charge in [-0.1, -0.05) is 11.6 Å². The zero-order chi connectivity index (χ0) is 12.3. The molecule has 94 valence electrons. The van der Waals surface area contributed by atoms with Crippen molar-refractivity contribution in [3.63, 3.8) is 0 Å². The minimum atomic E-state index is 0.630. The highest BCUT2D eigenvalue weighted by Crippen LogP contribution is 2.32. The number of halogens is 1. The first-order chi connectivity index (χ1) is 8.16. The third-order valence-electron chi connectivity index (χ3n) is 3.29. The van der Waals surface area contributed by atoms with Gasteiger partial charge in [-0.15, -0.1) is 0 Å². The fraction of sp³-hybridized carbons (Fsp3) is 0.571. The van der Waals surface area contributed by atoms with E-state index >= 15 is 0 Å². The van der Waals surface area contributed by atoms with Crippen LogP contribution in [-0.4, -0.2) is 19.2 Å². The van der Waals surface area contributed by atoms with Crippen molar-refractivity contribution in [1.82, 2.24) is 5.32 Å². The van der Waals surface area contributed by atoms with Gasteiger partial charge in [0.1, 0.15) is 12.4 Å². The minimum absolute atomic E-state index is 0.630. The highest BCUT2D eigenvalue weighted by Gasteiger charge is 2.27. The Morgan fingerprint density at radius 1 is 1.47 bits per heavy atom. The fourth-order valence-corrected chi connectivity index (χ4v) is 2.21. The van der Waals surface area contributed by atoms with Gasteiger partial charge in [-0.05, 0) is 56.4 Å². The van der Waals surface area contributed by atoms with Gasteiger partial charge in [0.25, 0.3) is 0 Å². The van der Waals surface area contributed by atoms with Crippen molar-refractivity contribution in [3.05, 3.63) is 28.8 Å². The molecule has 0 spiro atoms. The number of nitrogens with one attached hydrogen (secondary N) is 1. The quantitative estimate of drug-likeness (QED) is 0.785. The predicted octanol–water partition coefficient (Wildman–Crippen LogP) is 3.42. The molecule has 1 aliphatic carbocycles. The minimum Gasteiger partial charge on any atom is -0.492 e. The summed E-state index contributed by atoms with van der Waals surface area (Å²) in [5.74, 6) is 1.82. The average Bonchev–Trinajstić information content (AvgIpc) is 3.10. The Labute approximate surface area is 108 Å². The molecule has 0 saturated heterocycles. The van der Waals surface area contributed by atoms with Crippen LogP contribution in [0.5, 0.6) is 5.75 Å². The van der Waals surface area contributed by atoms with Crippen molar-refractivity contribution in [2.45, 2.75) is 32.7 Å². The lowest BCUT2D eigenvalue weighted by molar-refractivity contribution is 0.301. The van der Waals surface area contributed by atoms with Crippen LogP contribution in [0.1, 0.15) is 25.3 Å². The summed E-state index contributed by atoms with van der Waals surface area (Å²) >= 11 is 5.89. The first-order valence-corrected chi connectivity index (χ1v) is 6.67. The molecular formula is C14H20ClNO. The van der Waals surface area contributed by atoms with E-state index < -0.39 is 0 Å². The van der Waals surface area contributed by atoms with Crippen LogP contribution in [0, 0.1) is 12.8 Å². The van der Waals surface area contributed by atoms with Crippen LogP contribution in [-0.2, 0) is 0 Å². The third kappa shape index (κ3) is 3.90. The number of benzene rings is 1. The van der Waals surface area contributed by atoms with E-state index in [1.54, 1.807) is 0 Å². The van der Waals surface area contributed by atoms with E-state index in [1.807, 2.05) is 25.1 Å². The summed E-state index contributed by atoms with van der Waals surface area (Å²) in [5.41, 5.74) is 1.09. The summed E-state index contributed by atoms with van der Waals surface area (Å²) in [5, 5.41) is 4.25. The maximum Gasteiger partial charge on any atom is 0.122 e. The van der Waals surface area contributed by atoms with Crippen LogP contribution in [0.2, 0.25) is 5.02 Å². The smallest absolute Gasteiger partial charge is 0.122 e. The lowest BCUT2D eigenvalue weighted by Gasteiger charge is -2.14. The Morgan fingerprint density at radius 3 is 2.88 bits per heavy atom. The van der Waals surface area contributed by atoms with E-state index in [9.17, 15) is 0 Å². The molecule has 1 unspecified atom stereocenters. The molecule has 0 aliphatic heterocycles. The van der Waals surface area contributed by atoms with Gasteiger partial charge in [-0.2, -0.15) is 0 Å². The maximum absolute atomic E-state index is 5.89. The maximum atomic E-state index is 5.89. The number of aryl methyl sites for hydroxylation is 1. The van der Waals surface area contributed by atoms with E-state index in [1.165, 1.54) is 12.8 Å². The van der Waals surface area contributed by atoms with E-state index in [4.69, 9.17) is 16.3 Å². The Bertz CT molecular complexity index is 376. The summed E-state index contributed by atoms with van der Waals surface area (Å²) in [4.78, 5) is 0. The molecule has 3 heteroatoms. The van der Waals surface area contributed by atoms with Gasteiger partial charge >= 0.3 is 0 Å². The lowest BCUT2D eigenvalue weighted by atomic mass is 10.2. The number of rotatable bonds is 6. The predicted molar refractivity (Wildman–Crippen MR) is 71.9 cm³/mol. The molecule has 1 fully saturated rings. The molecule has 1 aromatic carbocycles. The molecule has 1 aromatic rings. The van der Waals surface area contributed by atoms with E-state index in [0.29, 0.717) is 12.6 Å². The SMILES string of the molecule is Cc1cc(Cl)ccc1OCCNC(C)C1CC1. The Hall–Kier alpha value is -0.730. The van der Waals surface area contributed by atoms with Crippen molar-refractivity contribution in [2.75, 3.05) is 13.2 Å². The van der Waals surface area contributed by atoms with Gasteiger partial charge in [0.05, 0.1) is 0 Å². The Balaban J connectivity index is 1.70. The van der Waals surface area contributed by atoms with Gasteiger partial charge in [0.2, 0.25) is 0 Å². The van der Waals surface area contributed by atoms with Gasteiger partial charge in [-0.25, -0.2) is 0 Å². The normalized spacial score (nSPS) is 16.9. The lowest BCUT2D eigenvalue weighted by Crippen LogP contribution is -2.31. The van der Waals surface area contributed by atoms with Gasteiger partial charge in [0.15, 0.2) is 0 Å². The molecule has 0 radical (unpaired) electrons. The average molecular weight is 254 g/mol. The second-order valence-corrected chi connectivity index (χ2v) is 5.27. The van der Waals surface area contributed by atoms with Crippen LogP contribution < -0.4 is 10.1 Å². The van der Waals surface area contributed by atoms with Gasteiger partial charge in [0, 0.05) is 17.6 Å². The molecule has 0 aromatic heterocycles. The topological polar surface area (TPSA) is 21.3 Å². The molecule has 1 aliphatic rings. The Morgan fingerprint density at radius 2 is 2.24 bits per heavy atom. The highest BCUT2D eigenvalue weighted by atomic mass is 35.5. The van der Waals surface area contributed by atoms with Crippen LogP contribution in [0.15, 0.2) is 18.2 Å². The van der Waals surface area contributed by atoms with Crippen molar-refractivity contribution < 1.29 is 4.74 Å². The monoisotopic (exact) mass is 253 g/mol. The molecule has 0 amide bonds. The molecule has 2 nitrogen and oxygen atoms in total. The van der Waals surface area contributed by atoms with Crippen molar-refractivity contribution in [2.24, 2.45) is 5.92 Å². The molecule has 1 saturated carbocycles. The summed E-state index contributed by atoms with van der Waals surface area (Å²) in [6.45, 7) is 5.88. The van der Waals surface area contributed by atoms with Crippen LogP contribution >= 0.6 is 11.6 Å². The largest absolute Gasteiger partial charge is 0.492 e. The summed E-state index contributed by atoms with van der Waals surface area (Å²) < 4.78 is 5.72. The molecule has 0 bridgehead atoms. The van der Waals surface area contributed by atoms with Crippen molar-refractivity contribution in [3.8, 4) is 5.75 Å². The molecule has 0 heterocycles. The standard InChI is InChI=1S/C14H20ClNO/c1-10-9-13(15)5-6-14(10)17-8-7-16-11(2)12-3-4-12/h5-6,9,11-12,16H,3-4,7-8H2,1-2H3. The van der Waals surface area contributed by atoms with Crippen LogP contribution in [0.4, 0.5) is 0 Å². The number of hydrogen-bond acceptors (Lipinski definition) is 2. The molecule has 1 atom stereocenters. The van der Waals surface area contributed by atoms with Crippen LogP contribution in [0.3, 0.4) is 0 Å². The van der Waals surface area contributed by atoms with Crippen molar-refractivity contribution in [1.29, 1.82) is 0 Å². The van der Waals surface area contributed by atoms with E-state index in [0.717, 1.165) is 28.8 Å². The van der Waals surface area contributed by atoms with E-state index in [-0.39, 0.29) is 0 Å². The third-order valence-corrected chi connectivity index (χ3v) is 3.53. The fourth-order valence-electron chi connectivity index (χ4n) is 1.99. The zero-order valence-electron chi connectivity index (χ0n) is 10.5. The highest BCUT2D eigenvalue weighted by molar-refractivity contribution is 6.30.